The minimum Gasteiger partial charge on any atom is -0.361 e. The highest BCUT2D eigenvalue weighted by Crippen LogP contribution is 2.24. The Labute approximate surface area is 82.7 Å². The van der Waals surface area contributed by atoms with E-state index in [1.54, 1.807) is 0 Å². The molecule has 0 saturated carbocycles. The van der Waals surface area contributed by atoms with Crippen molar-refractivity contribution in [3.05, 3.63) is 29.7 Å². The van der Waals surface area contributed by atoms with E-state index in [9.17, 15) is 0 Å². The van der Waals surface area contributed by atoms with E-state index in [1.165, 1.54) is 0 Å². The molecule has 2 heterocycles. The van der Waals surface area contributed by atoms with Gasteiger partial charge in [0.15, 0.2) is 0 Å². The predicted octanol–water partition coefficient (Wildman–Crippen LogP) is 1.18. The summed E-state index contributed by atoms with van der Waals surface area (Å²) in [5.41, 5.74) is 9.92. The third kappa shape index (κ3) is 1.24. The maximum atomic E-state index is 5.65. The van der Waals surface area contributed by atoms with Gasteiger partial charge < -0.3 is 10.7 Å². The number of H-pyrrole nitrogens is 1. The Hall–Kier alpha value is -1.55. The molecule has 0 aliphatic rings. The molecule has 0 fully saturated rings. The molecule has 0 aromatic carbocycles. The van der Waals surface area contributed by atoms with E-state index in [0.717, 1.165) is 22.6 Å². The fraction of sp³-hybridized carbons (Fsp3) is 0.300. The number of hydrogen-bond acceptors (Lipinski definition) is 2. The van der Waals surface area contributed by atoms with E-state index < -0.39 is 0 Å². The molecule has 4 nitrogen and oxygen atoms in total. The van der Waals surface area contributed by atoms with Gasteiger partial charge in [-0.05, 0) is 19.1 Å². The maximum absolute atomic E-state index is 5.65. The Balaban J connectivity index is 2.61. The van der Waals surface area contributed by atoms with Crippen molar-refractivity contribution in [2.24, 2.45) is 12.8 Å². The molecule has 0 unspecified atom stereocenters. The third-order valence-corrected chi connectivity index (χ3v) is 2.47. The SMILES string of the molecule is Cc1c(-c2ccc[nH]2)c(CN)nn1C. The maximum Gasteiger partial charge on any atom is 0.0856 e. The van der Waals surface area contributed by atoms with Crippen LogP contribution >= 0.6 is 0 Å². The largest absolute Gasteiger partial charge is 0.361 e. The molecule has 0 radical (unpaired) electrons. The van der Waals surface area contributed by atoms with E-state index in [2.05, 4.69) is 10.1 Å². The minimum atomic E-state index is 0.468. The number of rotatable bonds is 2. The molecule has 0 amide bonds. The van der Waals surface area contributed by atoms with E-state index in [-0.39, 0.29) is 0 Å². The molecule has 2 aromatic rings. The first-order valence-corrected chi connectivity index (χ1v) is 4.60. The number of nitrogens with zero attached hydrogens (tertiary/aromatic N) is 2. The van der Waals surface area contributed by atoms with Crippen molar-refractivity contribution in [3.63, 3.8) is 0 Å². The average Bonchev–Trinajstić information content (AvgIpc) is 2.76. The van der Waals surface area contributed by atoms with Crippen molar-refractivity contribution in [1.29, 1.82) is 0 Å². The Morgan fingerprint density at radius 2 is 2.36 bits per heavy atom. The number of hydrogen-bond donors (Lipinski definition) is 2. The third-order valence-electron chi connectivity index (χ3n) is 2.47. The van der Waals surface area contributed by atoms with Crippen molar-refractivity contribution in [3.8, 4) is 11.3 Å². The molecule has 0 bridgehead atoms. The molecule has 0 saturated heterocycles. The van der Waals surface area contributed by atoms with Gasteiger partial charge in [-0.3, -0.25) is 4.68 Å². The molecule has 2 rings (SSSR count). The Morgan fingerprint density at radius 3 is 2.93 bits per heavy atom. The van der Waals surface area contributed by atoms with Crippen molar-refractivity contribution in [1.82, 2.24) is 14.8 Å². The average molecular weight is 190 g/mol. The van der Waals surface area contributed by atoms with Crippen LogP contribution in [0.3, 0.4) is 0 Å². The number of aromatic amines is 1. The Kier molecular flexibility index (Phi) is 2.13. The highest BCUT2D eigenvalue weighted by Gasteiger charge is 2.13. The fourth-order valence-electron chi connectivity index (χ4n) is 1.66. The molecule has 4 heteroatoms. The van der Waals surface area contributed by atoms with Crippen LogP contribution in [0.15, 0.2) is 18.3 Å². The van der Waals surface area contributed by atoms with Gasteiger partial charge in [0, 0.05) is 36.7 Å². The summed E-state index contributed by atoms with van der Waals surface area (Å²) in [6, 6.07) is 4.01. The molecule has 3 N–H and O–H groups in total. The fourth-order valence-corrected chi connectivity index (χ4v) is 1.66. The summed E-state index contributed by atoms with van der Waals surface area (Å²) in [6.45, 7) is 2.51. The van der Waals surface area contributed by atoms with E-state index in [1.807, 2.05) is 37.0 Å². The number of nitrogens with two attached hydrogens (primary N) is 1. The summed E-state index contributed by atoms with van der Waals surface area (Å²) in [4.78, 5) is 3.17. The second-order valence-electron chi connectivity index (χ2n) is 3.32. The lowest BCUT2D eigenvalue weighted by atomic mass is 10.1. The molecular weight excluding hydrogens is 176 g/mol. The van der Waals surface area contributed by atoms with Crippen LogP contribution < -0.4 is 5.73 Å². The molecule has 2 aromatic heterocycles. The van der Waals surface area contributed by atoms with Crippen LogP contribution in [0.25, 0.3) is 11.3 Å². The molecule has 0 aliphatic heterocycles. The van der Waals surface area contributed by atoms with Crippen LogP contribution in [-0.4, -0.2) is 14.8 Å². The number of aromatic nitrogens is 3. The van der Waals surface area contributed by atoms with Gasteiger partial charge in [0.25, 0.3) is 0 Å². The van der Waals surface area contributed by atoms with Gasteiger partial charge in [-0.25, -0.2) is 0 Å². The zero-order valence-corrected chi connectivity index (χ0v) is 8.41. The summed E-state index contributed by atoms with van der Waals surface area (Å²) >= 11 is 0. The van der Waals surface area contributed by atoms with Crippen LogP contribution in [0.4, 0.5) is 0 Å². The van der Waals surface area contributed by atoms with Crippen molar-refractivity contribution < 1.29 is 0 Å². The molecule has 0 atom stereocenters. The number of aryl methyl sites for hydroxylation is 1. The van der Waals surface area contributed by atoms with E-state index in [0.29, 0.717) is 6.54 Å². The lowest BCUT2D eigenvalue weighted by Gasteiger charge is -1.99. The quantitative estimate of drug-likeness (QED) is 0.747. The Bertz CT molecular complexity index is 425. The molecule has 14 heavy (non-hydrogen) atoms. The second kappa shape index (κ2) is 3.31. The molecule has 0 aliphatic carbocycles. The van der Waals surface area contributed by atoms with Crippen LogP contribution in [0, 0.1) is 6.92 Å². The summed E-state index contributed by atoms with van der Waals surface area (Å²) in [5.74, 6) is 0. The highest BCUT2D eigenvalue weighted by atomic mass is 15.3. The first kappa shape index (κ1) is 9.02. The molecule has 74 valence electrons. The van der Waals surface area contributed by atoms with E-state index >= 15 is 0 Å². The normalized spacial score (nSPS) is 10.8. The van der Waals surface area contributed by atoms with Crippen LogP contribution in [0.5, 0.6) is 0 Å². The van der Waals surface area contributed by atoms with Gasteiger partial charge in [0.2, 0.25) is 0 Å². The van der Waals surface area contributed by atoms with Gasteiger partial charge in [-0.15, -0.1) is 0 Å². The zero-order chi connectivity index (χ0) is 10.1. The minimum absolute atomic E-state index is 0.468. The van der Waals surface area contributed by atoms with Crippen LogP contribution in [-0.2, 0) is 13.6 Å². The molecule has 0 spiro atoms. The first-order chi connectivity index (χ1) is 6.74. The lowest BCUT2D eigenvalue weighted by molar-refractivity contribution is 0.721. The van der Waals surface area contributed by atoms with Crippen molar-refractivity contribution >= 4 is 0 Å². The van der Waals surface area contributed by atoms with Crippen LogP contribution in [0.2, 0.25) is 0 Å². The summed E-state index contributed by atoms with van der Waals surface area (Å²) in [7, 11) is 1.93. The van der Waals surface area contributed by atoms with Crippen molar-refractivity contribution in [2.45, 2.75) is 13.5 Å². The summed E-state index contributed by atoms with van der Waals surface area (Å²) < 4.78 is 1.86. The van der Waals surface area contributed by atoms with Gasteiger partial charge in [-0.2, -0.15) is 5.10 Å². The molecular formula is C10H14N4. The van der Waals surface area contributed by atoms with Gasteiger partial charge in [-0.1, -0.05) is 0 Å². The van der Waals surface area contributed by atoms with Gasteiger partial charge in [0.05, 0.1) is 5.69 Å². The topological polar surface area (TPSA) is 59.6 Å². The highest BCUT2D eigenvalue weighted by molar-refractivity contribution is 5.65. The van der Waals surface area contributed by atoms with Gasteiger partial charge >= 0.3 is 0 Å². The van der Waals surface area contributed by atoms with Gasteiger partial charge in [0.1, 0.15) is 0 Å². The van der Waals surface area contributed by atoms with Crippen molar-refractivity contribution in [2.75, 3.05) is 0 Å². The monoisotopic (exact) mass is 190 g/mol. The van der Waals surface area contributed by atoms with Crippen LogP contribution in [0.1, 0.15) is 11.4 Å². The smallest absolute Gasteiger partial charge is 0.0856 e. The Morgan fingerprint density at radius 1 is 1.57 bits per heavy atom. The lowest BCUT2D eigenvalue weighted by Crippen LogP contribution is -1.99. The predicted molar refractivity (Wildman–Crippen MR) is 55.6 cm³/mol. The summed E-state index contributed by atoms with van der Waals surface area (Å²) in [6.07, 6.45) is 1.90. The van der Waals surface area contributed by atoms with E-state index in [4.69, 9.17) is 5.73 Å². The first-order valence-electron chi connectivity index (χ1n) is 4.60. The standard InChI is InChI=1S/C10H14N4/c1-7-10(8-4-3-5-12-8)9(6-11)13-14(7)2/h3-5,12H,6,11H2,1-2H3. The zero-order valence-electron chi connectivity index (χ0n) is 8.41. The number of nitrogens with one attached hydrogen (secondary N) is 1. The summed E-state index contributed by atoms with van der Waals surface area (Å²) in [5, 5.41) is 4.36. The second-order valence-corrected chi connectivity index (χ2v) is 3.32.